The first-order valence-electron chi connectivity index (χ1n) is 9.24. The second kappa shape index (κ2) is 7.86. The van der Waals surface area contributed by atoms with E-state index in [1.807, 2.05) is 4.98 Å². The van der Waals surface area contributed by atoms with Crippen molar-refractivity contribution in [1.29, 1.82) is 0 Å². The fourth-order valence-corrected chi connectivity index (χ4v) is 3.27. The molecule has 0 aromatic carbocycles. The fraction of sp³-hybridized carbons (Fsp3) is 0.353. The summed E-state index contributed by atoms with van der Waals surface area (Å²) >= 11 is 0. The minimum Gasteiger partial charge on any atom is -0.438 e. The van der Waals surface area contributed by atoms with Crippen LogP contribution in [0.1, 0.15) is 0 Å². The average molecular weight is 475 g/mol. The highest BCUT2D eigenvalue weighted by molar-refractivity contribution is 5.75. The number of H-pyrrole nitrogens is 2. The molecule has 176 valence electrons. The number of imidazole rings is 1. The molecular weight excluding hydrogens is 461 g/mol. The summed E-state index contributed by atoms with van der Waals surface area (Å²) in [5.74, 6) is -3.60. The summed E-state index contributed by atoms with van der Waals surface area (Å²) in [7, 11) is 0. The highest BCUT2D eigenvalue weighted by Gasteiger charge is 2.51. The van der Waals surface area contributed by atoms with Gasteiger partial charge >= 0.3 is 23.9 Å². The number of aromatic nitrogens is 5. The lowest BCUT2D eigenvalue weighted by Crippen LogP contribution is -2.41. The number of hydrogen-bond donors (Lipinski definition) is 3. The average Bonchev–Trinajstić information content (AvgIpc) is 3.29. The molecule has 4 heterocycles. The Morgan fingerprint density at radius 1 is 1.33 bits per heavy atom. The summed E-state index contributed by atoms with van der Waals surface area (Å²) in [5.41, 5.74) is -1.34. The molecule has 0 radical (unpaired) electrons. The third-order valence-electron chi connectivity index (χ3n) is 4.72. The summed E-state index contributed by atoms with van der Waals surface area (Å²) in [6.45, 7) is -3.25. The zero-order valence-electron chi connectivity index (χ0n) is 16.3. The molecule has 16 heteroatoms. The van der Waals surface area contributed by atoms with Crippen molar-refractivity contribution in [2.45, 2.75) is 18.2 Å². The molecule has 0 bridgehead atoms. The summed E-state index contributed by atoms with van der Waals surface area (Å²) in [5, 5.41) is 5.55. The molecule has 0 unspecified atom stereocenters. The number of nitrogens with zero attached hydrogens (tertiary/aromatic N) is 4. The number of carbonyl (C=O) groups excluding carboxylic acids is 1. The van der Waals surface area contributed by atoms with Crippen LogP contribution in [0.25, 0.3) is 16.9 Å². The number of fused-ring (bicyclic) bond motifs is 1. The molecule has 0 aliphatic carbocycles. The van der Waals surface area contributed by atoms with Crippen LogP contribution < -0.4 is 21.5 Å². The third-order valence-corrected chi connectivity index (χ3v) is 4.72. The fourth-order valence-electron chi connectivity index (χ4n) is 3.27. The van der Waals surface area contributed by atoms with Gasteiger partial charge in [-0.3, -0.25) is 9.78 Å². The van der Waals surface area contributed by atoms with Gasteiger partial charge < -0.3 is 19.9 Å². The Balaban J connectivity index is 1.64. The molecule has 1 amide bonds. The predicted molar refractivity (Wildman–Crippen MR) is 101 cm³/mol. The molecule has 0 spiro atoms. The van der Waals surface area contributed by atoms with Crippen LogP contribution in [-0.2, 0) is 4.74 Å². The van der Waals surface area contributed by atoms with Crippen molar-refractivity contribution >= 4 is 17.4 Å². The standard InChI is InChI=1S/C17H14F5N7O4/c18-16(19)7-28(5-11(16)33-15(32)25-6-17(20,21)22)10-3-9(27-29-2-1-23-12(10)29)8-4-24-14(31)26-13(8)30/h1-4,11H,5-7H2,(H,25,32)(H2,24,26,30,31)/t11-/m0/s1. The minimum absolute atomic E-state index is 0.0172. The number of ether oxygens (including phenoxy) is 1. The van der Waals surface area contributed by atoms with Crippen LogP contribution in [0.2, 0.25) is 0 Å². The number of hydrogen-bond acceptors (Lipinski definition) is 7. The number of anilines is 1. The van der Waals surface area contributed by atoms with Crippen molar-refractivity contribution in [3.63, 3.8) is 0 Å². The van der Waals surface area contributed by atoms with Crippen LogP contribution in [0, 0.1) is 0 Å². The van der Waals surface area contributed by atoms with Crippen LogP contribution in [0.15, 0.2) is 34.2 Å². The number of rotatable bonds is 4. The van der Waals surface area contributed by atoms with Crippen molar-refractivity contribution < 1.29 is 31.5 Å². The van der Waals surface area contributed by atoms with Crippen LogP contribution in [0.3, 0.4) is 0 Å². The SMILES string of the molecule is O=C(NCC(F)(F)F)O[C@H]1CN(c2cc(-c3c[nH]c(=O)[nH]c3=O)nn3ccnc23)CC1(F)F. The van der Waals surface area contributed by atoms with Crippen LogP contribution in [-0.4, -0.2) is 68.5 Å². The number of carbonyl (C=O) groups is 1. The zero-order valence-corrected chi connectivity index (χ0v) is 16.3. The molecule has 3 N–H and O–H groups in total. The van der Waals surface area contributed by atoms with Gasteiger partial charge in [0.25, 0.3) is 5.56 Å². The Kier molecular flexibility index (Phi) is 5.29. The van der Waals surface area contributed by atoms with Gasteiger partial charge in [0.05, 0.1) is 24.3 Å². The van der Waals surface area contributed by atoms with E-state index >= 15 is 0 Å². The smallest absolute Gasteiger partial charge is 0.408 e. The molecule has 1 aliphatic rings. The third kappa shape index (κ3) is 4.63. The minimum atomic E-state index is -4.73. The maximum Gasteiger partial charge on any atom is 0.408 e. The molecule has 3 aromatic heterocycles. The maximum absolute atomic E-state index is 14.5. The van der Waals surface area contributed by atoms with Crippen LogP contribution in [0.5, 0.6) is 0 Å². The molecule has 1 saturated heterocycles. The van der Waals surface area contributed by atoms with Crippen molar-refractivity contribution in [3.8, 4) is 11.3 Å². The Morgan fingerprint density at radius 3 is 2.79 bits per heavy atom. The van der Waals surface area contributed by atoms with Crippen molar-refractivity contribution in [2.75, 3.05) is 24.5 Å². The van der Waals surface area contributed by atoms with Gasteiger partial charge in [-0.2, -0.15) is 18.3 Å². The topological polar surface area (TPSA) is 137 Å². The van der Waals surface area contributed by atoms with Gasteiger partial charge in [0.15, 0.2) is 11.8 Å². The lowest BCUT2D eigenvalue weighted by molar-refractivity contribution is -0.125. The molecule has 11 nitrogen and oxygen atoms in total. The zero-order chi connectivity index (χ0) is 24.0. The molecule has 1 atom stereocenters. The Morgan fingerprint density at radius 2 is 2.09 bits per heavy atom. The van der Waals surface area contributed by atoms with E-state index in [0.29, 0.717) is 0 Å². The molecular formula is C17H14F5N7O4. The molecule has 1 fully saturated rings. The van der Waals surface area contributed by atoms with Gasteiger partial charge in [0, 0.05) is 18.6 Å². The van der Waals surface area contributed by atoms with E-state index < -0.39 is 55.2 Å². The normalized spacial score (nSPS) is 18.0. The maximum atomic E-state index is 14.5. The van der Waals surface area contributed by atoms with Gasteiger partial charge in [-0.05, 0) is 6.07 Å². The Labute approximate surface area is 179 Å². The summed E-state index contributed by atoms with van der Waals surface area (Å²) in [6, 6.07) is 1.29. The number of amides is 1. The van der Waals surface area contributed by atoms with E-state index in [-0.39, 0.29) is 22.6 Å². The monoisotopic (exact) mass is 475 g/mol. The second-order valence-electron chi connectivity index (χ2n) is 7.10. The highest BCUT2D eigenvalue weighted by atomic mass is 19.4. The van der Waals surface area contributed by atoms with Crippen LogP contribution in [0.4, 0.5) is 32.4 Å². The summed E-state index contributed by atoms with van der Waals surface area (Å²) in [4.78, 5) is 44.4. The Bertz CT molecular complexity index is 1320. The first kappa shape index (κ1) is 22.2. The predicted octanol–water partition coefficient (Wildman–Crippen LogP) is 0.885. The quantitative estimate of drug-likeness (QED) is 0.477. The number of alkyl halides is 5. The van der Waals surface area contributed by atoms with E-state index in [4.69, 9.17) is 0 Å². The molecule has 0 saturated carbocycles. The number of aromatic amines is 2. The van der Waals surface area contributed by atoms with Crippen molar-refractivity contribution in [3.05, 3.63) is 45.5 Å². The number of nitrogens with one attached hydrogen (secondary N) is 3. The largest absolute Gasteiger partial charge is 0.438 e. The molecule has 3 aromatic rings. The number of alkyl carbamates (subject to hydrolysis) is 1. The first-order chi connectivity index (χ1) is 15.4. The van der Waals surface area contributed by atoms with E-state index in [2.05, 4.69) is 19.8 Å². The summed E-state index contributed by atoms with van der Waals surface area (Å²) in [6.07, 6.45) is -4.59. The first-order valence-corrected chi connectivity index (χ1v) is 9.24. The molecule has 33 heavy (non-hydrogen) atoms. The van der Waals surface area contributed by atoms with Gasteiger partial charge in [-0.15, -0.1) is 0 Å². The molecule has 4 rings (SSSR count). The van der Waals surface area contributed by atoms with E-state index in [9.17, 15) is 36.3 Å². The summed E-state index contributed by atoms with van der Waals surface area (Å²) < 4.78 is 71.5. The van der Waals surface area contributed by atoms with Gasteiger partial charge in [0.2, 0.25) is 0 Å². The highest BCUT2D eigenvalue weighted by Crippen LogP contribution is 2.35. The number of halogens is 5. The second-order valence-corrected chi connectivity index (χ2v) is 7.10. The molecule has 1 aliphatic heterocycles. The van der Waals surface area contributed by atoms with Gasteiger partial charge in [-0.25, -0.2) is 27.9 Å². The van der Waals surface area contributed by atoms with Crippen molar-refractivity contribution in [2.24, 2.45) is 0 Å². The lowest BCUT2D eigenvalue weighted by Gasteiger charge is -2.19. The van der Waals surface area contributed by atoms with E-state index in [1.54, 1.807) is 0 Å². The van der Waals surface area contributed by atoms with E-state index in [1.165, 1.54) is 28.3 Å². The van der Waals surface area contributed by atoms with Gasteiger partial charge in [0.1, 0.15) is 12.2 Å². The van der Waals surface area contributed by atoms with Crippen molar-refractivity contribution in [1.82, 2.24) is 29.9 Å². The van der Waals surface area contributed by atoms with Gasteiger partial charge in [-0.1, -0.05) is 0 Å². The lowest BCUT2D eigenvalue weighted by atomic mass is 10.2. The Hall–Kier alpha value is -3.98. The van der Waals surface area contributed by atoms with Crippen LogP contribution >= 0.6 is 0 Å². The van der Waals surface area contributed by atoms with E-state index in [0.717, 1.165) is 11.1 Å².